The number of anilines is 1. The zero-order valence-corrected chi connectivity index (χ0v) is 16.1. The van der Waals surface area contributed by atoms with Crippen molar-refractivity contribution in [1.82, 2.24) is 9.78 Å². The lowest BCUT2D eigenvalue weighted by Crippen LogP contribution is -2.18. The molecule has 0 unspecified atom stereocenters. The van der Waals surface area contributed by atoms with Gasteiger partial charge in [0.2, 0.25) is 0 Å². The second-order valence-corrected chi connectivity index (χ2v) is 6.79. The van der Waals surface area contributed by atoms with Crippen molar-refractivity contribution in [3.8, 4) is 5.69 Å². The number of H-pyrrole nitrogens is 1. The van der Waals surface area contributed by atoms with Crippen LogP contribution >= 0.6 is 0 Å². The minimum Gasteiger partial charge on any atom is -0.306 e. The largest absolute Gasteiger partial charge is 0.345 e. The number of amides is 2. The second kappa shape index (κ2) is 7.59. The molecule has 3 aromatic carbocycles. The van der Waals surface area contributed by atoms with Crippen LogP contribution in [0.5, 0.6) is 0 Å². The number of nitrogens with zero attached hydrogens (tertiary/aromatic N) is 2. The van der Waals surface area contributed by atoms with Crippen LogP contribution in [-0.4, -0.2) is 22.0 Å². The number of hydrogen-bond acceptors (Lipinski definition) is 2. The lowest BCUT2D eigenvalue weighted by atomic mass is 10.1. The highest BCUT2D eigenvalue weighted by Crippen LogP contribution is 2.21. The third-order valence-electron chi connectivity index (χ3n) is 4.82. The van der Waals surface area contributed by atoms with Crippen molar-refractivity contribution in [3.63, 3.8) is 0 Å². The van der Waals surface area contributed by atoms with Gasteiger partial charge in [0.05, 0.1) is 11.3 Å². The van der Waals surface area contributed by atoms with Crippen LogP contribution in [0.25, 0.3) is 16.5 Å². The number of benzene rings is 3. The Labute approximate surface area is 167 Å². The zero-order chi connectivity index (χ0) is 20.4. The highest BCUT2D eigenvalue weighted by atomic mass is 16.2. The molecule has 0 aliphatic carbocycles. The molecular formula is C23H20N4O2. The van der Waals surface area contributed by atoms with E-state index in [4.69, 9.17) is 0 Å². The molecule has 0 radical (unpaired) electrons. The molecule has 2 N–H and O–H groups in total. The standard InChI is InChI=1S/C23H20N4O2/c1-15-8-3-6-12-20(15)25-23(29)24-14-19-16(2)26-27(22(19)28)21-13-7-10-17-9-4-5-11-18(17)21/h3-14,26H,1-2H3,(H,25,29)/b24-14+. The molecule has 6 nitrogen and oxygen atoms in total. The topological polar surface area (TPSA) is 79.2 Å². The van der Waals surface area contributed by atoms with Crippen molar-refractivity contribution in [2.75, 3.05) is 5.32 Å². The van der Waals surface area contributed by atoms with Crippen molar-refractivity contribution in [1.29, 1.82) is 0 Å². The molecule has 0 atom stereocenters. The Bertz CT molecular complexity index is 1290. The summed E-state index contributed by atoms with van der Waals surface area (Å²) in [5.74, 6) is 0. The first-order valence-electron chi connectivity index (χ1n) is 9.25. The number of nitrogens with one attached hydrogen (secondary N) is 2. The minimum absolute atomic E-state index is 0.258. The zero-order valence-electron chi connectivity index (χ0n) is 16.1. The molecule has 1 heterocycles. The van der Waals surface area contributed by atoms with Gasteiger partial charge in [-0.25, -0.2) is 14.5 Å². The van der Waals surface area contributed by atoms with Crippen LogP contribution in [-0.2, 0) is 0 Å². The summed E-state index contributed by atoms with van der Waals surface area (Å²) >= 11 is 0. The number of carbonyl (C=O) groups is 1. The average Bonchev–Trinajstić information content (AvgIpc) is 3.01. The lowest BCUT2D eigenvalue weighted by molar-refractivity contribution is 0.259. The van der Waals surface area contributed by atoms with Crippen molar-refractivity contribution in [2.24, 2.45) is 4.99 Å². The number of aromatic nitrogens is 2. The van der Waals surface area contributed by atoms with Gasteiger partial charge in [0.25, 0.3) is 5.56 Å². The molecule has 0 aliphatic rings. The fourth-order valence-corrected chi connectivity index (χ4v) is 3.27. The van der Waals surface area contributed by atoms with Gasteiger partial charge in [-0.15, -0.1) is 0 Å². The number of rotatable bonds is 3. The summed E-state index contributed by atoms with van der Waals surface area (Å²) in [5, 5.41) is 7.81. The van der Waals surface area contributed by atoms with Crippen LogP contribution in [0.15, 0.2) is 76.5 Å². The van der Waals surface area contributed by atoms with E-state index in [0.29, 0.717) is 16.9 Å². The molecule has 1 aromatic heterocycles. The molecule has 0 fully saturated rings. The maximum Gasteiger partial charge on any atom is 0.345 e. The van der Waals surface area contributed by atoms with Gasteiger partial charge in [0.15, 0.2) is 0 Å². The summed E-state index contributed by atoms with van der Waals surface area (Å²) in [4.78, 5) is 29.1. The lowest BCUT2D eigenvalue weighted by Gasteiger charge is -2.06. The van der Waals surface area contributed by atoms with Crippen LogP contribution in [0, 0.1) is 13.8 Å². The van der Waals surface area contributed by atoms with Gasteiger partial charge in [-0.05, 0) is 36.9 Å². The Morgan fingerprint density at radius 1 is 1.00 bits per heavy atom. The number of aliphatic imine (C=N–C) groups is 1. The van der Waals surface area contributed by atoms with Gasteiger partial charge >= 0.3 is 6.03 Å². The maximum atomic E-state index is 13.0. The monoisotopic (exact) mass is 384 g/mol. The Morgan fingerprint density at radius 3 is 2.55 bits per heavy atom. The number of aromatic amines is 1. The van der Waals surface area contributed by atoms with Crippen molar-refractivity contribution < 1.29 is 4.79 Å². The van der Waals surface area contributed by atoms with E-state index in [1.165, 1.54) is 10.9 Å². The number of carbonyl (C=O) groups excluding carboxylic acids is 1. The summed E-state index contributed by atoms with van der Waals surface area (Å²) in [5.41, 5.74) is 3.10. The summed E-state index contributed by atoms with van der Waals surface area (Å²) in [7, 11) is 0. The van der Waals surface area contributed by atoms with Crippen molar-refractivity contribution >= 4 is 28.7 Å². The smallest absolute Gasteiger partial charge is 0.306 e. The van der Waals surface area contributed by atoms with Crippen LogP contribution < -0.4 is 10.9 Å². The first kappa shape index (κ1) is 18.4. The number of urea groups is 1. The predicted octanol–water partition coefficient (Wildman–Crippen LogP) is 4.59. The predicted molar refractivity (Wildman–Crippen MR) is 116 cm³/mol. The quantitative estimate of drug-likeness (QED) is 0.507. The minimum atomic E-state index is -0.531. The third-order valence-corrected chi connectivity index (χ3v) is 4.82. The summed E-state index contributed by atoms with van der Waals surface area (Å²) in [6.45, 7) is 3.68. The van der Waals surface area contributed by atoms with Crippen LogP contribution in [0.1, 0.15) is 16.8 Å². The van der Waals surface area contributed by atoms with E-state index in [1.807, 2.05) is 67.6 Å². The Hall–Kier alpha value is -3.93. The fraction of sp³-hybridized carbons (Fsp3) is 0.0870. The van der Waals surface area contributed by atoms with Gasteiger partial charge in [-0.3, -0.25) is 9.89 Å². The first-order chi connectivity index (χ1) is 14.0. The molecule has 0 aliphatic heterocycles. The molecule has 2 amide bonds. The molecule has 0 spiro atoms. The summed E-state index contributed by atoms with van der Waals surface area (Å²) in [6.07, 6.45) is 1.31. The van der Waals surface area contributed by atoms with E-state index in [9.17, 15) is 9.59 Å². The molecule has 0 saturated carbocycles. The molecule has 144 valence electrons. The van der Waals surface area contributed by atoms with E-state index in [-0.39, 0.29) is 5.56 Å². The second-order valence-electron chi connectivity index (χ2n) is 6.79. The molecule has 4 rings (SSSR count). The van der Waals surface area contributed by atoms with E-state index >= 15 is 0 Å². The van der Waals surface area contributed by atoms with E-state index in [2.05, 4.69) is 15.4 Å². The van der Waals surface area contributed by atoms with Crippen LogP contribution in [0.3, 0.4) is 0 Å². The average molecular weight is 384 g/mol. The summed E-state index contributed by atoms with van der Waals surface area (Å²) in [6, 6.07) is 20.6. The number of aryl methyl sites for hydroxylation is 2. The fourth-order valence-electron chi connectivity index (χ4n) is 3.27. The van der Waals surface area contributed by atoms with E-state index in [1.54, 1.807) is 13.0 Å². The highest BCUT2D eigenvalue weighted by Gasteiger charge is 2.13. The molecular weight excluding hydrogens is 364 g/mol. The van der Waals surface area contributed by atoms with Crippen molar-refractivity contribution in [2.45, 2.75) is 13.8 Å². The number of fused-ring (bicyclic) bond motifs is 1. The van der Waals surface area contributed by atoms with Crippen molar-refractivity contribution in [3.05, 3.63) is 93.9 Å². The maximum absolute atomic E-state index is 13.0. The normalized spacial score (nSPS) is 11.2. The molecule has 29 heavy (non-hydrogen) atoms. The molecule has 6 heteroatoms. The number of para-hydroxylation sites is 1. The van der Waals surface area contributed by atoms with Gasteiger partial charge in [0.1, 0.15) is 0 Å². The Morgan fingerprint density at radius 2 is 1.72 bits per heavy atom. The van der Waals surface area contributed by atoms with E-state index in [0.717, 1.165) is 22.0 Å². The van der Waals surface area contributed by atoms with E-state index < -0.39 is 6.03 Å². The SMILES string of the molecule is Cc1ccccc1NC(=O)/N=C/c1c(C)[nH]n(-c2cccc3ccccc23)c1=O. The summed E-state index contributed by atoms with van der Waals surface area (Å²) < 4.78 is 1.48. The molecule has 0 saturated heterocycles. The molecule has 0 bridgehead atoms. The molecule has 4 aromatic rings. The van der Waals surface area contributed by atoms with Gasteiger partial charge in [-0.2, -0.15) is 0 Å². The third kappa shape index (κ3) is 3.60. The van der Waals surface area contributed by atoms with Crippen LogP contribution in [0.2, 0.25) is 0 Å². The van der Waals surface area contributed by atoms with Gasteiger partial charge in [-0.1, -0.05) is 54.6 Å². The van der Waals surface area contributed by atoms with Gasteiger partial charge < -0.3 is 5.32 Å². The Kier molecular flexibility index (Phi) is 4.83. The van der Waals surface area contributed by atoms with Crippen LogP contribution in [0.4, 0.5) is 10.5 Å². The number of hydrogen-bond donors (Lipinski definition) is 2. The Balaban J connectivity index is 1.66. The highest BCUT2D eigenvalue weighted by molar-refractivity contribution is 5.98. The first-order valence-corrected chi connectivity index (χ1v) is 9.25. The van der Waals surface area contributed by atoms with Gasteiger partial charge in [0, 0.05) is 23.0 Å².